The van der Waals surface area contributed by atoms with E-state index in [2.05, 4.69) is 0 Å². The standard InChI is InChI=1S/C16H12Cl2N2O/c17-13-6-5-10(7-14(13)18)15(21)9-20-8-11-3-1-2-4-12(11)16(20)19/h1-7,19H,8-9H2. The van der Waals surface area contributed by atoms with Gasteiger partial charge in [0.2, 0.25) is 0 Å². The van der Waals surface area contributed by atoms with Crippen LogP contribution in [0.25, 0.3) is 0 Å². The van der Waals surface area contributed by atoms with E-state index in [0.717, 1.165) is 11.1 Å². The summed E-state index contributed by atoms with van der Waals surface area (Å²) >= 11 is 11.8. The maximum Gasteiger partial charge on any atom is 0.182 e. The first-order chi connectivity index (χ1) is 10.1. The van der Waals surface area contributed by atoms with Crippen molar-refractivity contribution < 1.29 is 4.79 Å². The molecule has 5 heteroatoms. The molecule has 1 aliphatic rings. The van der Waals surface area contributed by atoms with E-state index < -0.39 is 0 Å². The molecular formula is C16H12Cl2N2O. The topological polar surface area (TPSA) is 44.2 Å². The fraction of sp³-hybridized carbons (Fsp3) is 0.125. The highest BCUT2D eigenvalue weighted by molar-refractivity contribution is 6.42. The molecule has 0 aliphatic carbocycles. The fourth-order valence-electron chi connectivity index (χ4n) is 2.41. The summed E-state index contributed by atoms with van der Waals surface area (Å²) in [4.78, 5) is 14.1. The SMILES string of the molecule is N=C1c2ccccc2CN1CC(=O)c1ccc(Cl)c(Cl)c1. The highest BCUT2D eigenvalue weighted by Crippen LogP contribution is 2.25. The molecular weight excluding hydrogens is 307 g/mol. The van der Waals surface area contributed by atoms with E-state index in [1.165, 1.54) is 0 Å². The summed E-state index contributed by atoms with van der Waals surface area (Å²) in [6.07, 6.45) is 0. The summed E-state index contributed by atoms with van der Waals surface area (Å²) in [6.45, 7) is 0.744. The number of fused-ring (bicyclic) bond motifs is 1. The first-order valence-corrected chi connectivity index (χ1v) is 7.22. The Bertz CT molecular complexity index is 743. The van der Waals surface area contributed by atoms with Crippen molar-refractivity contribution in [1.29, 1.82) is 5.41 Å². The Labute approximate surface area is 132 Å². The number of nitrogens with one attached hydrogen (secondary N) is 1. The largest absolute Gasteiger partial charge is 0.345 e. The van der Waals surface area contributed by atoms with Crippen molar-refractivity contribution in [3.05, 3.63) is 69.2 Å². The summed E-state index contributed by atoms with van der Waals surface area (Å²) in [5, 5.41) is 8.94. The predicted octanol–water partition coefficient (Wildman–Crippen LogP) is 4.02. The second-order valence-electron chi connectivity index (χ2n) is 4.91. The quantitative estimate of drug-likeness (QED) is 0.869. The first-order valence-electron chi connectivity index (χ1n) is 6.46. The molecule has 0 radical (unpaired) electrons. The average Bonchev–Trinajstić information content (AvgIpc) is 2.79. The maximum absolute atomic E-state index is 12.3. The van der Waals surface area contributed by atoms with Crippen LogP contribution in [0.15, 0.2) is 42.5 Å². The van der Waals surface area contributed by atoms with Crippen molar-refractivity contribution in [3.63, 3.8) is 0 Å². The molecule has 0 fully saturated rings. The Morgan fingerprint density at radius 1 is 1.14 bits per heavy atom. The zero-order valence-electron chi connectivity index (χ0n) is 11.1. The van der Waals surface area contributed by atoms with Crippen LogP contribution >= 0.6 is 23.2 Å². The van der Waals surface area contributed by atoms with E-state index in [0.29, 0.717) is 28.0 Å². The van der Waals surface area contributed by atoms with Gasteiger partial charge in [0.15, 0.2) is 5.78 Å². The lowest BCUT2D eigenvalue weighted by molar-refractivity contribution is 0.0962. The molecule has 0 saturated heterocycles. The van der Waals surface area contributed by atoms with Crippen LogP contribution in [-0.4, -0.2) is 23.1 Å². The molecule has 21 heavy (non-hydrogen) atoms. The summed E-state index contributed by atoms with van der Waals surface area (Å²) in [7, 11) is 0. The van der Waals surface area contributed by atoms with Gasteiger partial charge in [-0.25, -0.2) is 0 Å². The number of halogens is 2. The molecule has 0 atom stereocenters. The van der Waals surface area contributed by atoms with Crippen LogP contribution in [0.4, 0.5) is 0 Å². The summed E-state index contributed by atoms with van der Waals surface area (Å²) in [5.41, 5.74) is 2.47. The lowest BCUT2D eigenvalue weighted by Gasteiger charge is -2.17. The van der Waals surface area contributed by atoms with E-state index in [9.17, 15) is 4.79 Å². The average molecular weight is 319 g/mol. The van der Waals surface area contributed by atoms with Crippen LogP contribution in [-0.2, 0) is 6.54 Å². The molecule has 0 amide bonds. The smallest absolute Gasteiger partial charge is 0.182 e. The third-order valence-corrected chi connectivity index (χ3v) is 4.26. The highest BCUT2D eigenvalue weighted by atomic mass is 35.5. The third-order valence-electron chi connectivity index (χ3n) is 3.53. The van der Waals surface area contributed by atoms with Gasteiger partial charge in [0.1, 0.15) is 5.84 Å². The number of benzene rings is 2. The Balaban J connectivity index is 1.77. The van der Waals surface area contributed by atoms with E-state index in [1.54, 1.807) is 23.1 Å². The molecule has 0 spiro atoms. The number of ketones is 1. The summed E-state index contributed by atoms with van der Waals surface area (Å²) in [5.74, 6) is 0.310. The van der Waals surface area contributed by atoms with E-state index in [-0.39, 0.29) is 12.3 Å². The van der Waals surface area contributed by atoms with Crippen LogP contribution in [0.1, 0.15) is 21.5 Å². The molecule has 0 aromatic heterocycles. The minimum absolute atomic E-state index is 0.0777. The third kappa shape index (κ3) is 2.67. The number of carbonyl (C=O) groups is 1. The second kappa shape index (κ2) is 5.51. The molecule has 1 N–H and O–H groups in total. The van der Waals surface area contributed by atoms with Crippen LogP contribution in [0.2, 0.25) is 10.0 Å². The molecule has 0 bridgehead atoms. The number of amidine groups is 1. The maximum atomic E-state index is 12.3. The van der Waals surface area contributed by atoms with Gasteiger partial charge in [-0.2, -0.15) is 0 Å². The van der Waals surface area contributed by atoms with Gasteiger partial charge in [-0.3, -0.25) is 10.2 Å². The zero-order chi connectivity index (χ0) is 15.0. The number of nitrogens with zero attached hydrogens (tertiary/aromatic N) is 1. The van der Waals surface area contributed by atoms with Gasteiger partial charge in [0.05, 0.1) is 16.6 Å². The minimum atomic E-state index is -0.0777. The van der Waals surface area contributed by atoms with Gasteiger partial charge < -0.3 is 4.90 Å². The molecule has 3 rings (SSSR count). The second-order valence-corrected chi connectivity index (χ2v) is 5.73. The number of hydrogen-bond acceptors (Lipinski definition) is 2. The number of Topliss-reactive ketones (excluding diaryl/α,β-unsaturated/α-hetero) is 1. The van der Waals surface area contributed by atoms with Gasteiger partial charge >= 0.3 is 0 Å². The van der Waals surface area contributed by atoms with Gasteiger partial charge in [-0.15, -0.1) is 0 Å². The van der Waals surface area contributed by atoms with Crippen molar-refractivity contribution >= 4 is 34.8 Å². The fourth-order valence-corrected chi connectivity index (χ4v) is 2.71. The molecule has 2 aromatic rings. The molecule has 2 aromatic carbocycles. The van der Waals surface area contributed by atoms with Gasteiger partial charge in [0.25, 0.3) is 0 Å². The lowest BCUT2D eigenvalue weighted by atomic mass is 10.1. The summed E-state index contributed by atoms with van der Waals surface area (Å²) < 4.78 is 0. The molecule has 0 saturated carbocycles. The summed E-state index contributed by atoms with van der Waals surface area (Å²) in [6, 6.07) is 12.6. The number of rotatable bonds is 3. The van der Waals surface area contributed by atoms with Crippen LogP contribution < -0.4 is 0 Å². The molecule has 106 valence electrons. The van der Waals surface area contributed by atoms with Crippen LogP contribution in [0, 0.1) is 5.41 Å². The Kier molecular flexibility index (Phi) is 3.70. The highest BCUT2D eigenvalue weighted by Gasteiger charge is 2.25. The molecule has 1 aliphatic heterocycles. The van der Waals surface area contributed by atoms with E-state index in [4.69, 9.17) is 28.6 Å². The van der Waals surface area contributed by atoms with Crippen molar-refractivity contribution in [2.45, 2.75) is 6.54 Å². The molecule has 3 nitrogen and oxygen atoms in total. The van der Waals surface area contributed by atoms with E-state index in [1.807, 2.05) is 24.3 Å². The molecule has 1 heterocycles. The van der Waals surface area contributed by atoms with Gasteiger partial charge in [-0.05, 0) is 23.8 Å². The molecule has 0 unspecified atom stereocenters. The Morgan fingerprint density at radius 3 is 2.62 bits per heavy atom. The van der Waals surface area contributed by atoms with Crippen molar-refractivity contribution in [2.75, 3.05) is 6.54 Å². The first kappa shape index (κ1) is 14.1. The van der Waals surface area contributed by atoms with Crippen LogP contribution in [0.3, 0.4) is 0 Å². The van der Waals surface area contributed by atoms with Gasteiger partial charge in [0, 0.05) is 17.7 Å². The number of carbonyl (C=O) groups excluding carboxylic acids is 1. The van der Waals surface area contributed by atoms with Crippen molar-refractivity contribution in [2.24, 2.45) is 0 Å². The van der Waals surface area contributed by atoms with Crippen molar-refractivity contribution in [3.8, 4) is 0 Å². The van der Waals surface area contributed by atoms with Gasteiger partial charge in [-0.1, -0.05) is 47.5 Å². The number of hydrogen-bond donors (Lipinski definition) is 1. The van der Waals surface area contributed by atoms with E-state index >= 15 is 0 Å². The lowest BCUT2D eigenvalue weighted by Crippen LogP contribution is -2.30. The zero-order valence-corrected chi connectivity index (χ0v) is 12.6. The Morgan fingerprint density at radius 2 is 1.90 bits per heavy atom. The predicted molar refractivity (Wildman–Crippen MR) is 84.5 cm³/mol. The monoisotopic (exact) mass is 318 g/mol. The van der Waals surface area contributed by atoms with Crippen molar-refractivity contribution in [1.82, 2.24) is 4.90 Å². The van der Waals surface area contributed by atoms with Crippen LogP contribution in [0.5, 0.6) is 0 Å². The normalized spacial score (nSPS) is 13.4. The Hall–Kier alpha value is -1.84. The minimum Gasteiger partial charge on any atom is -0.345 e.